The van der Waals surface area contributed by atoms with E-state index in [0.29, 0.717) is 5.39 Å². The quantitative estimate of drug-likeness (QED) is 0.665. The Morgan fingerprint density at radius 3 is 2.36 bits per heavy atom. The molecular formula is C22H23NO2. The van der Waals surface area contributed by atoms with Gasteiger partial charge in [-0.05, 0) is 35.9 Å². The molecule has 3 rings (SSSR count). The molecule has 128 valence electrons. The molecule has 0 amide bonds. The number of carbonyl (C=O) groups excluding carboxylic acids is 1. The lowest BCUT2D eigenvalue weighted by atomic mass is 9.91. The summed E-state index contributed by atoms with van der Waals surface area (Å²) >= 11 is 0. The van der Waals surface area contributed by atoms with Crippen molar-refractivity contribution < 1.29 is 4.79 Å². The summed E-state index contributed by atoms with van der Waals surface area (Å²) in [6.45, 7) is 5.98. The van der Waals surface area contributed by atoms with E-state index in [1.807, 2.05) is 32.0 Å². The Bertz CT molecular complexity index is 997. The average Bonchev–Trinajstić information content (AvgIpc) is 2.63. The summed E-state index contributed by atoms with van der Waals surface area (Å²) in [7, 11) is 1.75. The van der Waals surface area contributed by atoms with Crippen LogP contribution in [0.3, 0.4) is 0 Å². The van der Waals surface area contributed by atoms with Crippen molar-refractivity contribution in [2.45, 2.75) is 33.1 Å². The smallest absolute Gasteiger partial charge is 0.258 e. The SMILES string of the molecule is CCc1ccc(-c2c(C(C)C=O)n(C)c(=O)c3ccc(C)cc23)cc1. The molecule has 0 spiro atoms. The van der Waals surface area contributed by atoms with Crippen LogP contribution in [0.2, 0.25) is 0 Å². The van der Waals surface area contributed by atoms with E-state index in [-0.39, 0.29) is 11.5 Å². The van der Waals surface area contributed by atoms with Gasteiger partial charge in [0, 0.05) is 23.7 Å². The van der Waals surface area contributed by atoms with Crippen molar-refractivity contribution in [3.63, 3.8) is 0 Å². The van der Waals surface area contributed by atoms with Gasteiger partial charge in [-0.25, -0.2) is 0 Å². The first-order chi connectivity index (χ1) is 12.0. The summed E-state index contributed by atoms with van der Waals surface area (Å²) in [5, 5.41) is 1.60. The highest BCUT2D eigenvalue weighted by Gasteiger charge is 2.20. The number of rotatable bonds is 4. The minimum atomic E-state index is -0.358. The summed E-state index contributed by atoms with van der Waals surface area (Å²) in [4.78, 5) is 24.4. The third-order valence-electron chi connectivity index (χ3n) is 4.88. The van der Waals surface area contributed by atoms with Crippen LogP contribution in [0.4, 0.5) is 0 Å². The van der Waals surface area contributed by atoms with Crippen molar-refractivity contribution in [3.8, 4) is 11.1 Å². The summed E-state index contributed by atoms with van der Waals surface area (Å²) < 4.78 is 1.62. The molecule has 3 nitrogen and oxygen atoms in total. The molecular weight excluding hydrogens is 310 g/mol. The molecule has 25 heavy (non-hydrogen) atoms. The van der Waals surface area contributed by atoms with Gasteiger partial charge in [0.2, 0.25) is 0 Å². The topological polar surface area (TPSA) is 39.1 Å². The van der Waals surface area contributed by atoms with Crippen LogP contribution in [0.25, 0.3) is 21.9 Å². The predicted octanol–water partition coefficient (Wildman–Crippen LogP) is 4.38. The number of hydrogen-bond donors (Lipinski definition) is 0. The Morgan fingerprint density at radius 1 is 1.08 bits per heavy atom. The van der Waals surface area contributed by atoms with E-state index in [1.165, 1.54) is 5.56 Å². The van der Waals surface area contributed by atoms with Crippen LogP contribution in [0.5, 0.6) is 0 Å². The monoisotopic (exact) mass is 333 g/mol. The first-order valence-corrected chi connectivity index (χ1v) is 8.65. The van der Waals surface area contributed by atoms with E-state index in [0.717, 1.165) is 40.5 Å². The number of pyridine rings is 1. The molecule has 3 heteroatoms. The van der Waals surface area contributed by atoms with Crippen molar-refractivity contribution in [1.82, 2.24) is 4.57 Å². The summed E-state index contributed by atoms with van der Waals surface area (Å²) in [5.41, 5.74) is 5.07. The highest BCUT2D eigenvalue weighted by Crippen LogP contribution is 2.34. The lowest BCUT2D eigenvalue weighted by Gasteiger charge is -2.20. The fourth-order valence-electron chi connectivity index (χ4n) is 3.46. The first kappa shape index (κ1) is 17.2. The molecule has 0 bridgehead atoms. The van der Waals surface area contributed by atoms with Gasteiger partial charge in [0.25, 0.3) is 5.56 Å². The molecule has 0 aliphatic carbocycles. The number of aryl methyl sites for hydroxylation is 2. The summed E-state index contributed by atoms with van der Waals surface area (Å²) in [6.07, 6.45) is 1.88. The zero-order valence-corrected chi connectivity index (χ0v) is 15.2. The number of carbonyl (C=O) groups is 1. The standard InChI is InChI=1S/C22H23NO2/c1-5-16-7-9-17(10-8-16)20-19-12-14(2)6-11-18(19)22(25)23(4)21(20)15(3)13-24/h6-13,15H,5H2,1-4H3. The largest absolute Gasteiger partial charge is 0.314 e. The third-order valence-corrected chi connectivity index (χ3v) is 4.88. The minimum absolute atomic E-state index is 0.0624. The van der Waals surface area contributed by atoms with Crippen LogP contribution in [-0.2, 0) is 18.3 Å². The second-order valence-electron chi connectivity index (χ2n) is 6.65. The van der Waals surface area contributed by atoms with Gasteiger partial charge < -0.3 is 9.36 Å². The van der Waals surface area contributed by atoms with E-state index in [9.17, 15) is 9.59 Å². The molecule has 2 aromatic carbocycles. The number of nitrogens with zero attached hydrogens (tertiary/aromatic N) is 1. The zero-order valence-electron chi connectivity index (χ0n) is 15.2. The van der Waals surface area contributed by atoms with Gasteiger partial charge in [0.15, 0.2) is 0 Å². The van der Waals surface area contributed by atoms with E-state index < -0.39 is 0 Å². The third kappa shape index (κ3) is 2.91. The average molecular weight is 333 g/mol. The molecule has 0 aliphatic rings. The second-order valence-corrected chi connectivity index (χ2v) is 6.65. The number of aromatic nitrogens is 1. The Balaban J connectivity index is 2.47. The van der Waals surface area contributed by atoms with Gasteiger partial charge in [-0.2, -0.15) is 0 Å². The van der Waals surface area contributed by atoms with Crippen LogP contribution in [0, 0.1) is 6.92 Å². The van der Waals surface area contributed by atoms with Gasteiger partial charge in [-0.1, -0.05) is 55.8 Å². The Labute approximate surface area is 147 Å². The number of fused-ring (bicyclic) bond motifs is 1. The number of benzene rings is 2. The lowest BCUT2D eigenvalue weighted by Crippen LogP contribution is -2.23. The molecule has 1 heterocycles. The van der Waals surface area contributed by atoms with Crippen molar-refractivity contribution in [2.24, 2.45) is 7.05 Å². The van der Waals surface area contributed by atoms with Gasteiger partial charge in [0.1, 0.15) is 6.29 Å². The molecule has 0 saturated heterocycles. The van der Waals surface area contributed by atoms with Crippen LogP contribution in [-0.4, -0.2) is 10.9 Å². The molecule has 1 aromatic heterocycles. The Morgan fingerprint density at radius 2 is 1.76 bits per heavy atom. The Hall–Kier alpha value is -2.68. The van der Waals surface area contributed by atoms with E-state index >= 15 is 0 Å². The summed E-state index contributed by atoms with van der Waals surface area (Å²) in [6, 6.07) is 14.3. The summed E-state index contributed by atoms with van der Waals surface area (Å²) in [5.74, 6) is -0.358. The Kier molecular flexibility index (Phi) is 4.58. The van der Waals surface area contributed by atoms with E-state index in [2.05, 4.69) is 31.2 Å². The normalized spacial score (nSPS) is 12.3. The first-order valence-electron chi connectivity index (χ1n) is 8.65. The molecule has 0 saturated carbocycles. The zero-order chi connectivity index (χ0) is 18.1. The van der Waals surface area contributed by atoms with Crippen molar-refractivity contribution in [1.29, 1.82) is 0 Å². The van der Waals surface area contributed by atoms with Gasteiger partial charge >= 0.3 is 0 Å². The fraction of sp³-hybridized carbons (Fsp3) is 0.273. The molecule has 0 radical (unpaired) electrons. The second kappa shape index (κ2) is 6.67. The number of hydrogen-bond acceptors (Lipinski definition) is 2. The van der Waals surface area contributed by atoms with Crippen LogP contribution in [0.15, 0.2) is 47.3 Å². The van der Waals surface area contributed by atoms with Crippen molar-refractivity contribution >= 4 is 17.1 Å². The van der Waals surface area contributed by atoms with Crippen LogP contribution < -0.4 is 5.56 Å². The van der Waals surface area contributed by atoms with Gasteiger partial charge in [0.05, 0.1) is 5.92 Å². The van der Waals surface area contributed by atoms with E-state index in [1.54, 1.807) is 11.6 Å². The predicted molar refractivity (Wildman–Crippen MR) is 103 cm³/mol. The molecule has 3 aromatic rings. The maximum atomic E-state index is 12.8. The maximum Gasteiger partial charge on any atom is 0.258 e. The minimum Gasteiger partial charge on any atom is -0.314 e. The highest BCUT2D eigenvalue weighted by molar-refractivity contribution is 5.98. The van der Waals surface area contributed by atoms with Gasteiger partial charge in [-0.3, -0.25) is 4.79 Å². The van der Waals surface area contributed by atoms with Crippen LogP contribution in [0.1, 0.15) is 36.6 Å². The van der Waals surface area contributed by atoms with Crippen molar-refractivity contribution in [2.75, 3.05) is 0 Å². The van der Waals surface area contributed by atoms with E-state index in [4.69, 9.17) is 0 Å². The molecule has 0 fully saturated rings. The molecule has 0 N–H and O–H groups in total. The molecule has 1 atom stereocenters. The molecule has 1 unspecified atom stereocenters. The highest BCUT2D eigenvalue weighted by atomic mass is 16.1. The number of aldehydes is 1. The maximum absolute atomic E-state index is 12.8. The van der Waals surface area contributed by atoms with Gasteiger partial charge in [-0.15, -0.1) is 0 Å². The van der Waals surface area contributed by atoms with Crippen molar-refractivity contribution in [3.05, 3.63) is 69.6 Å². The van der Waals surface area contributed by atoms with Crippen LogP contribution >= 0.6 is 0 Å². The lowest BCUT2D eigenvalue weighted by molar-refractivity contribution is -0.108. The molecule has 0 aliphatic heterocycles. The fourth-order valence-corrected chi connectivity index (χ4v) is 3.46.